The molecule has 2 N–H and O–H groups in total. The lowest BCUT2D eigenvalue weighted by Crippen LogP contribution is -2.46. The summed E-state index contributed by atoms with van der Waals surface area (Å²) in [6.07, 6.45) is 0. The monoisotopic (exact) mass is 387 g/mol. The summed E-state index contributed by atoms with van der Waals surface area (Å²) >= 11 is 0. The first-order valence-electron chi connectivity index (χ1n) is 8.92. The van der Waals surface area contributed by atoms with Gasteiger partial charge in [0.1, 0.15) is 5.75 Å². The van der Waals surface area contributed by atoms with E-state index in [1.54, 1.807) is 54.6 Å². The minimum Gasteiger partial charge on any atom is -0.495 e. The number of anilines is 1. The Morgan fingerprint density at radius 1 is 0.897 bits per heavy atom. The maximum atomic E-state index is 13.5. The molecule has 0 bridgehead atoms. The summed E-state index contributed by atoms with van der Waals surface area (Å²) in [5.74, 6) is -1.60. The highest BCUT2D eigenvalue weighted by atomic mass is 16.5. The maximum absolute atomic E-state index is 13.5. The smallest absolute Gasteiger partial charge is 0.335 e. The third kappa shape index (κ3) is 2.77. The van der Waals surface area contributed by atoms with Crippen LogP contribution in [0.2, 0.25) is 0 Å². The molecule has 3 aromatic carbocycles. The number of aromatic carboxylic acids is 1. The van der Waals surface area contributed by atoms with Gasteiger partial charge in [-0.1, -0.05) is 54.6 Å². The van der Waals surface area contributed by atoms with Gasteiger partial charge < -0.3 is 15.2 Å². The van der Waals surface area contributed by atoms with E-state index in [4.69, 9.17) is 4.74 Å². The predicted octanol–water partition coefficient (Wildman–Crippen LogP) is 3.78. The molecule has 6 heteroatoms. The molecular formula is C23H17NO5. The maximum Gasteiger partial charge on any atom is 0.335 e. The van der Waals surface area contributed by atoms with E-state index in [9.17, 15) is 19.5 Å². The zero-order valence-electron chi connectivity index (χ0n) is 15.5. The van der Waals surface area contributed by atoms with E-state index in [2.05, 4.69) is 5.32 Å². The number of fused-ring (bicyclic) bond motifs is 1. The van der Waals surface area contributed by atoms with Gasteiger partial charge in [0.2, 0.25) is 11.6 Å². The lowest BCUT2D eigenvalue weighted by molar-refractivity contribution is 0.0696. The number of Topliss-reactive ketones (excluding diaryl/α,β-unsaturated/α-hetero) is 2. The second-order valence-electron chi connectivity index (χ2n) is 6.67. The molecule has 1 aliphatic carbocycles. The van der Waals surface area contributed by atoms with Gasteiger partial charge in [0.15, 0.2) is 5.54 Å². The normalized spacial score (nSPS) is 14.4. The van der Waals surface area contributed by atoms with Crippen LogP contribution in [0, 0.1) is 0 Å². The Morgan fingerprint density at radius 3 is 2.03 bits per heavy atom. The van der Waals surface area contributed by atoms with Gasteiger partial charge in [0.05, 0.1) is 18.4 Å². The number of carbonyl (C=O) groups excluding carboxylic acids is 2. The summed E-state index contributed by atoms with van der Waals surface area (Å²) in [4.78, 5) is 38.5. The van der Waals surface area contributed by atoms with Gasteiger partial charge in [-0.2, -0.15) is 0 Å². The largest absolute Gasteiger partial charge is 0.495 e. The summed E-state index contributed by atoms with van der Waals surface area (Å²) in [6.45, 7) is 0. The summed E-state index contributed by atoms with van der Waals surface area (Å²) in [5, 5.41) is 12.4. The van der Waals surface area contributed by atoms with Crippen LogP contribution in [0.3, 0.4) is 0 Å². The molecule has 0 unspecified atom stereocenters. The average molecular weight is 387 g/mol. The van der Waals surface area contributed by atoms with Crippen LogP contribution < -0.4 is 10.1 Å². The average Bonchev–Trinajstić information content (AvgIpc) is 2.97. The molecule has 0 atom stereocenters. The van der Waals surface area contributed by atoms with Crippen molar-refractivity contribution in [2.45, 2.75) is 5.54 Å². The predicted molar refractivity (Wildman–Crippen MR) is 107 cm³/mol. The zero-order chi connectivity index (χ0) is 20.6. The number of carbonyl (C=O) groups is 3. The number of rotatable bonds is 5. The molecule has 0 radical (unpaired) electrons. The van der Waals surface area contributed by atoms with Gasteiger partial charge >= 0.3 is 5.97 Å². The van der Waals surface area contributed by atoms with Gasteiger partial charge in [0, 0.05) is 11.1 Å². The minimum atomic E-state index is -1.71. The van der Waals surface area contributed by atoms with Crippen LogP contribution in [0.25, 0.3) is 0 Å². The van der Waals surface area contributed by atoms with Crippen molar-refractivity contribution in [3.63, 3.8) is 0 Å². The van der Waals surface area contributed by atoms with Crippen molar-refractivity contribution in [3.05, 3.63) is 95.1 Å². The lowest BCUT2D eigenvalue weighted by Gasteiger charge is -2.30. The third-order valence-corrected chi connectivity index (χ3v) is 5.07. The highest BCUT2D eigenvalue weighted by Gasteiger charge is 2.54. The number of nitrogens with one attached hydrogen (secondary N) is 1. The van der Waals surface area contributed by atoms with Gasteiger partial charge in [0.25, 0.3) is 0 Å². The third-order valence-electron chi connectivity index (χ3n) is 5.07. The fraction of sp³-hybridized carbons (Fsp3) is 0.0870. The topological polar surface area (TPSA) is 92.7 Å². The quantitative estimate of drug-likeness (QED) is 0.647. The Bertz CT molecular complexity index is 1100. The Kier molecular flexibility index (Phi) is 4.39. The minimum absolute atomic E-state index is 0.00641. The first-order valence-corrected chi connectivity index (χ1v) is 8.92. The number of hydrogen-bond donors (Lipinski definition) is 2. The van der Waals surface area contributed by atoms with Gasteiger partial charge in [-0.05, 0) is 23.8 Å². The molecule has 3 aromatic rings. The second-order valence-corrected chi connectivity index (χ2v) is 6.67. The van der Waals surface area contributed by atoms with Crippen molar-refractivity contribution < 1.29 is 24.2 Å². The van der Waals surface area contributed by atoms with E-state index in [-0.39, 0.29) is 11.3 Å². The molecule has 6 nitrogen and oxygen atoms in total. The molecule has 0 saturated carbocycles. The van der Waals surface area contributed by atoms with Crippen LogP contribution in [-0.2, 0) is 5.54 Å². The van der Waals surface area contributed by atoms with Crippen LogP contribution >= 0.6 is 0 Å². The molecule has 4 rings (SSSR count). The molecule has 144 valence electrons. The number of ether oxygens (including phenoxy) is 1. The Balaban J connectivity index is 1.94. The van der Waals surface area contributed by atoms with Crippen LogP contribution in [-0.4, -0.2) is 29.8 Å². The van der Waals surface area contributed by atoms with E-state index in [1.807, 2.05) is 0 Å². The fourth-order valence-corrected chi connectivity index (χ4v) is 3.66. The first-order chi connectivity index (χ1) is 14.0. The fourth-order valence-electron chi connectivity index (χ4n) is 3.66. The zero-order valence-corrected chi connectivity index (χ0v) is 15.5. The summed E-state index contributed by atoms with van der Waals surface area (Å²) in [5.41, 5.74) is -0.355. The summed E-state index contributed by atoms with van der Waals surface area (Å²) < 4.78 is 5.34. The Morgan fingerprint density at radius 2 is 1.48 bits per heavy atom. The second kappa shape index (κ2) is 6.91. The molecule has 0 spiro atoms. The molecule has 0 heterocycles. The molecule has 0 aliphatic heterocycles. The number of ketones is 2. The van der Waals surface area contributed by atoms with Gasteiger partial charge in [-0.25, -0.2) is 4.79 Å². The molecule has 0 fully saturated rings. The molecule has 0 saturated heterocycles. The van der Waals surface area contributed by atoms with Crippen LogP contribution in [0.4, 0.5) is 5.69 Å². The molecule has 29 heavy (non-hydrogen) atoms. The number of carboxylic acids is 1. The van der Waals surface area contributed by atoms with E-state index < -0.39 is 23.1 Å². The molecular weight excluding hydrogens is 370 g/mol. The Hall–Kier alpha value is -3.93. The van der Waals surface area contributed by atoms with Crippen molar-refractivity contribution in [2.75, 3.05) is 12.4 Å². The summed E-state index contributed by atoms with van der Waals surface area (Å²) in [6, 6.07) is 19.6. The van der Waals surface area contributed by atoms with Crippen molar-refractivity contribution in [1.29, 1.82) is 0 Å². The van der Waals surface area contributed by atoms with E-state index >= 15 is 0 Å². The van der Waals surface area contributed by atoms with Crippen LogP contribution in [0.1, 0.15) is 36.6 Å². The van der Waals surface area contributed by atoms with Crippen molar-refractivity contribution >= 4 is 23.2 Å². The standard InChI is InChI=1S/C23H17NO5/c1-29-19-12-11-14(22(27)28)13-18(19)24-23(15-7-3-2-4-8-15)20(25)16-9-5-6-10-17(16)21(23)26/h2-13,24H,1H3,(H,27,28). The summed E-state index contributed by atoms with van der Waals surface area (Å²) in [7, 11) is 1.43. The van der Waals surface area contributed by atoms with Gasteiger partial charge in [-0.15, -0.1) is 0 Å². The van der Waals surface area contributed by atoms with Gasteiger partial charge in [-0.3, -0.25) is 9.59 Å². The van der Waals surface area contributed by atoms with Crippen molar-refractivity contribution in [2.24, 2.45) is 0 Å². The molecule has 0 amide bonds. The SMILES string of the molecule is COc1ccc(C(=O)O)cc1NC1(c2ccccc2)C(=O)c2ccccc2C1=O. The highest BCUT2D eigenvalue weighted by Crippen LogP contribution is 2.42. The van der Waals surface area contributed by atoms with E-state index in [0.29, 0.717) is 22.4 Å². The van der Waals surface area contributed by atoms with E-state index in [0.717, 1.165) is 0 Å². The number of carboxylic acid groups (broad SMARTS) is 1. The van der Waals surface area contributed by atoms with E-state index in [1.165, 1.54) is 25.3 Å². The number of methoxy groups -OCH3 is 1. The molecule has 0 aromatic heterocycles. The van der Waals surface area contributed by atoms with Crippen molar-refractivity contribution in [3.8, 4) is 5.75 Å². The molecule has 1 aliphatic rings. The Labute approximate surface area is 166 Å². The number of hydrogen-bond acceptors (Lipinski definition) is 5. The lowest BCUT2D eigenvalue weighted by atomic mass is 9.84. The number of benzene rings is 3. The van der Waals surface area contributed by atoms with Crippen molar-refractivity contribution in [1.82, 2.24) is 0 Å². The van der Waals surface area contributed by atoms with Crippen LogP contribution in [0.15, 0.2) is 72.8 Å². The highest BCUT2D eigenvalue weighted by molar-refractivity contribution is 6.34. The van der Waals surface area contributed by atoms with Crippen LogP contribution in [0.5, 0.6) is 5.75 Å². The first kappa shape index (κ1) is 18.4.